The molecule has 0 saturated heterocycles. The first-order valence-corrected chi connectivity index (χ1v) is 12.5. The van der Waals surface area contributed by atoms with E-state index in [1.165, 1.54) is 13.8 Å². The van der Waals surface area contributed by atoms with Crippen LogP contribution in [0.5, 0.6) is 0 Å². The van der Waals surface area contributed by atoms with Gasteiger partial charge >= 0.3 is 5.97 Å². The van der Waals surface area contributed by atoms with E-state index in [4.69, 9.17) is 5.73 Å². The van der Waals surface area contributed by atoms with Crippen LogP contribution in [0.15, 0.2) is 0 Å². The molecular formula is C19H38N2O5Si. The molecule has 158 valence electrons. The fourth-order valence-corrected chi connectivity index (χ4v) is 7.51. The van der Waals surface area contributed by atoms with E-state index < -0.39 is 54.1 Å². The van der Waals surface area contributed by atoms with E-state index in [-0.39, 0.29) is 6.42 Å². The maximum atomic E-state index is 13.1. The molecule has 0 aromatic rings. The van der Waals surface area contributed by atoms with Crippen LogP contribution in [0.25, 0.3) is 0 Å². The minimum atomic E-state index is -2.87. The average Bonchev–Trinajstić information content (AvgIpc) is 2.48. The molecule has 27 heavy (non-hydrogen) atoms. The number of aliphatic hydroxyl groups is 1. The predicted octanol–water partition coefficient (Wildman–Crippen LogP) is 2.38. The summed E-state index contributed by atoms with van der Waals surface area (Å²) in [6, 6.07) is -1.03. The quantitative estimate of drug-likeness (QED) is 0.536. The van der Waals surface area contributed by atoms with Crippen LogP contribution in [-0.2, 0) is 14.4 Å². The van der Waals surface area contributed by atoms with Gasteiger partial charge in [0.2, 0.25) is 11.8 Å². The molecule has 0 radical (unpaired) electrons. The second-order valence-electron chi connectivity index (χ2n) is 9.17. The Morgan fingerprint density at radius 3 is 1.81 bits per heavy atom. The highest BCUT2D eigenvalue weighted by atomic mass is 28.3. The van der Waals surface area contributed by atoms with Gasteiger partial charge in [-0.1, -0.05) is 54.1 Å². The Hall–Kier alpha value is -1.25. The Bertz CT molecular complexity index is 569. The van der Waals surface area contributed by atoms with Crippen LogP contribution in [0.4, 0.5) is 0 Å². The van der Waals surface area contributed by atoms with Gasteiger partial charge in [0.1, 0.15) is 5.16 Å². The van der Waals surface area contributed by atoms with Gasteiger partial charge in [-0.3, -0.25) is 14.5 Å². The van der Waals surface area contributed by atoms with Crippen LogP contribution in [0.2, 0.25) is 18.1 Å². The Labute approximate surface area is 164 Å². The third-order valence-corrected chi connectivity index (χ3v) is 12.7. The molecule has 0 aromatic carbocycles. The third-order valence-electron chi connectivity index (χ3n) is 6.16. The van der Waals surface area contributed by atoms with Crippen molar-refractivity contribution in [3.8, 4) is 0 Å². The van der Waals surface area contributed by atoms with E-state index in [1.54, 1.807) is 6.92 Å². The van der Waals surface area contributed by atoms with Crippen molar-refractivity contribution in [1.29, 1.82) is 0 Å². The van der Waals surface area contributed by atoms with Crippen molar-refractivity contribution < 1.29 is 24.6 Å². The van der Waals surface area contributed by atoms with Gasteiger partial charge in [-0.15, -0.1) is 0 Å². The molecular weight excluding hydrogens is 364 g/mol. The average molecular weight is 403 g/mol. The summed E-state index contributed by atoms with van der Waals surface area (Å²) in [5.74, 6) is -3.07. The van der Waals surface area contributed by atoms with Crippen molar-refractivity contribution in [1.82, 2.24) is 4.90 Å². The SMILES string of the molecule is CCC(C)C(C(=O)O)(N(C(=O)CC(C)O)C(=O)C(C)N)[Si](C)(C)C(C)(C)C. The highest BCUT2D eigenvalue weighted by molar-refractivity contribution is 6.86. The predicted molar refractivity (Wildman–Crippen MR) is 109 cm³/mol. The van der Waals surface area contributed by atoms with Crippen LogP contribution in [-0.4, -0.2) is 58.3 Å². The van der Waals surface area contributed by atoms with Crippen molar-refractivity contribution in [3.05, 3.63) is 0 Å². The van der Waals surface area contributed by atoms with Crippen LogP contribution in [0, 0.1) is 5.92 Å². The molecule has 0 rings (SSSR count). The van der Waals surface area contributed by atoms with Crippen LogP contribution in [0.1, 0.15) is 61.3 Å². The number of imide groups is 1. The minimum absolute atomic E-state index is 0.335. The fourth-order valence-electron chi connectivity index (χ4n) is 3.60. The molecule has 4 atom stereocenters. The summed E-state index contributed by atoms with van der Waals surface area (Å²) in [6.45, 7) is 16.2. The highest BCUT2D eigenvalue weighted by Crippen LogP contribution is 2.49. The van der Waals surface area contributed by atoms with Gasteiger partial charge in [-0.2, -0.15) is 0 Å². The standard InChI is InChI=1S/C19H38N2O5Si/c1-10-12(2)19(17(25)26,27(8,9)18(5,6)7)21(16(24)14(4)20)15(23)11-13(3)22/h12-14,22H,10-11,20H2,1-9H3,(H,25,26). The molecule has 0 aliphatic heterocycles. The number of aliphatic hydroxyl groups excluding tert-OH is 1. The largest absolute Gasteiger partial charge is 0.480 e. The maximum Gasteiger partial charge on any atom is 0.326 e. The zero-order valence-corrected chi connectivity index (χ0v) is 19.3. The number of carbonyl (C=O) groups excluding carboxylic acids is 2. The second-order valence-corrected chi connectivity index (χ2v) is 14.7. The molecule has 7 nitrogen and oxygen atoms in total. The van der Waals surface area contributed by atoms with Crippen LogP contribution >= 0.6 is 0 Å². The molecule has 0 spiro atoms. The lowest BCUT2D eigenvalue weighted by Gasteiger charge is -2.56. The van der Waals surface area contributed by atoms with Gasteiger partial charge in [0, 0.05) is 0 Å². The number of aliphatic carboxylic acids is 1. The van der Waals surface area contributed by atoms with Gasteiger partial charge < -0.3 is 15.9 Å². The topological polar surface area (TPSA) is 121 Å². The summed E-state index contributed by atoms with van der Waals surface area (Å²) >= 11 is 0. The number of hydrogen-bond donors (Lipinski definition) is 3. The number of carbonyl (C=O) groups is 3. The molecule has 4 unspecified atom stereocenters. The Kier molecular flexibility index (Phi) is 8.42. The van der Waals surface area contributed by atoms with E-state index in [0.29, 0.717) is 6.42 Å². The maximum absolute atomic E-state index is 13.1. The fraction of sp³-hybridized carbons (Fsp3) is 0.842. The Balaban J connectivity index is 7.13. The number of carboxylic acid groups (broad SMARTS) is 1. The van der Waals surface area contributed by atoms with Gasteiger partial charge in [-0.25, -0.2) is 4.79 Å². The summed E-state index contributed by atoms with van der Waals surface area (Å²) in [6.07, 6.45) is -0.856. The highest BCUT2D eigenvalue weighted by Gasteiger charge is 2.66. The summed E-state index contributed by atoms with van der Waals surface area (Å²) in [4.78, 5) is 39.9. The Morgan fingerprint density at radius 1 is 1.11 bits per heavy atom. The Morgan fingerprint density at radius 2 is 1.56 bits per heavy atom. The number of rotatable bonds is 8. The van der Waals surface area contributed by atoms with E-state index in [1.807, 2.05) is 40.8 Å². The van der Waals surface area contributed by atoms with Gasteiger partial charge in [0.05, 0.1) is 26.6 Å². The van der Waals surface area contributed by atoms with Crippen molar-refractivity contribution in [2.24, 2.45) is 11.7 Å². The lowest BCUT2D eigenvalue weighted by atomic mass is 9.94. The minimum Gasteiger partial charge on any atom is -0.480 e. The first-order valence-electron chi connectivity index (χ1n) is 9.53. The second kappa shape index (κ2) is 8.83. The van der Waals surface area contributed by atoms with Gasteiger partial charge in [-0.05, 0) is 24.8 Å². The van der Waals surface area contributed by atoms with Crippen molar-refractivity contribution >= 4 is 25.9 Å². The summed E-state index contributed by atoms with van der Waals surface area (Å²) in [5.41, 5.74) is 5.81. The number of nitrogens with two attached hydrogens (primary N) is 1. The molecule has 0 bridgehead atoms. The van der Waals surface area contributed by atoms with E-state index in [0.717, 1.165) is 4.90 Å². The summed E-state index contributed by atoms with van der Waals surface area (Å²) < 4.78 is 0. The molecule has 2 amide bonds. The first kappa shape index (κ1) is 25.7. The lowest BCUT2D eigenvalue weighted by molar-refractivity contribution is -0.166. The zero-order chi connectivity index (χ0) is 22.0. The normalized spacial score (nSPS) is 18.2. The van der Waals surface area contributed by atoms with Crippen LogP contribution < -0.4 is 5.73 Å². The van der Waals surface area contributed by atoms with Gasteiger partial charge in [0.25, 0.3) is 0 Å². The zero-order valence-electron chi connectivity index (χ0n) is 18.3. The molecule has 0 aromatic heterocycles. The van der Waals surface area contributed by atoms with Crippen molar-refractivity contribution in [2.75, 3.05) is 0 Å². The third kappa shape index (κ3) is 4.60. The van der Waals surface area contributed by atoms with E-state index in [9.17, 15) is 24.6 Å². The van der Waals surface area contributed by atoms with Crippen molar-refractivity contribution in [3.63, 3.8) is 0 Å². The number of amides is 2. The molecule has 0 fully saturated rings. The molecule has 0 saturated carbocycles. The number of hydrogen-bond acceptors (Lipinski definition) is 5. The molecule has 0 aliphatic rings. The van der Waals surface area contributed by atoms with Crippen molar-refractivity contribution in [2.45, 2.75) is 96.7 Å². The van der Waals surface area contributed by atoms with Crippen LogP contribution in [0.3, 0.4) is 0 Å². The lowest BCUT2D eigenvalue weighted by Crippen LogP contribution is -2.78. The van der Waals surface area contributed by atoms with Gasteiger partial charge in [0.15, 0.2) is 0 Å². The first-order chi connectivity index (χ1) is 12.0. The number of carboxylic acids is 1. The smallest absolute Gasteiger partial charge is 0.326 e. The summed E-state index contributed by atoms with van der Waals surface area (Å²) in [7, 11) is -2.87. The molecule has 0 aliphatic carbocycles. The number of nitrogens with zero attached hydrogens (tertiary/aromatic N) is 1. The molecule has 8 heteroatoms. The van der Waals surface area contributed by atoms with E-state index in [2.05, 4.69) is 0 Å². The summed E-state index contributed by atoms with van der Waals surface area (Å²) in [5, 5.41) is 18.1. The van der Waals surface area contributed by atoms with E-state index >= 15 is 0 Å². The molecule has 0 heterocycles. The molecule has 4 N–H and O–H groups in total. The monoisotopic (exact) mass is 402 g/mol.